The average Bonchev–Trinajstić information content (AvgIpc) is 2.96. The van der Waals surface area contributed by atoms with E-state index in [-0.39, 0.29) is 12.0 Å². The molecule has 28 heavy (non-hydrogen) atoms. The Labute approximate surface area is 166 Å². The number of carboxylic acids is 1. The van der Waals surface area contributed by atoms with Crippen LogP contribution in [-0.4, -0.2) is 46.2 Å². The Bertz CT molecular complexity index is 658. The second kappa shape index (κ2) is 9.52. The second-order valence-electron chi connectivity index (χ2n) is 8.31. The maximum absolute atomic E-state index is 12.7. The Morgan fingerprint density at radius 2 is 1.57 bits per heavy atom. The summed E-state index contributed by atoms with van der Waals surface area (Å²) in [7, 11) is 0. The fourth-order valence-corrected chi connectivity index (χ4v) is 4.32. The highest BCUT2D eigenvalue weighted by Gasteiger charge is 2.45. The van der Waals surface area contributed by atoms with Crippen LogP contribution in [0.15, 0.2) is 24.3 Å². The number of nitrogens with zero attached hydrogens (tertiary/aromatic N) is 1. The fraction of sp³-hybridized carbons (Fsp3) is 0.636. The van der Waals surface area contributed by atoms with E-state index in [0.29, 0.717) is 19.4 Å². The fourth-order valence-electron chi connectivity index (χ4n) is 4.32. The number of likely N-dealkylation sites (tertiary alicyclic amines) is 1. The van der Waals surface area contributed by atoms with Gasteiger partial charge in [-0.1, -0.05) is 49.9 Å². The maximum atomic E-state index is 12.7. The number of hydrogen-bond donors (Lipinski definition) is 3. The molecule has 3 rings (SSSR count). The van der Waals surface area contributed by atoms with Crippen LogP contribution < -0.4 is 5.32 Å². The van der Waals surface area contributed by atoms with Crippen LogP contribution in [0.2, 0.25) is 0 Å². The summed E-state index contributed by atoms with van der Waals surface area (Å²) in [4.78, 5) is 26.9. The predicted octanol–water partition coefficient (Wildman–Crippen LogP) is 2.68. The molecule has 3 N–H and O–H groups in total. The molecule has 1 aliphatic carbocycles. The van der Waals surface area contributed by atoms with E-state index in [1.54, 1.807) is 0 Å². The molecule has 154 valence electrons. The zero-order valence-corrected chi connectivity index (χ0v) is 16.5. The molecular weight excluding hydrogens is 356 g/mol. The molecule has 1 amide bonds. The number of aliphatic hydroxyl groups is 1. The Morgan fingerprint density at radius 3 is 2.14 bits per heavy atom. The van der Waals surface area contributed by atoms with Gasteiger partial charge < -0.3 is 15.5 Å². The number of rotatable bonds is 6. The van der Waals surface area contributed by atoms with E-state index in [9.17, 15) is 19.8 Å². The smallest absolute Gasteiger partial charge is 0.319 e. The van der Waals surface area contributed by atoms with Crippen molar-refractivity contribution in [3.8, 4) is 0 Å². The van der Waals surface area contributed by atoms with Crippen LogP contribution in [0.1, 0.15) is 62.5 Å². The number of carbonyl (C=O) groups excluding carboxylic acids is 1. The zero-order chi connectivity index (χ0) is 20.0. The third-order valence-corrected chi connectivity index (χ3v) is 6.24. The first kappa shape index (κ1) is 20.8. The summed E-state index contributed by atoms with van der Waals surface area (Å²) in [5.41, 5.74) is 0.910. The van der Waals surface area contributed by atoms with E-state index >= 15 is 0 Å². The minimum atomic E-state index is -1.27. The quantitative estimate of drug-likeness (QED) is 0.515. The molecule has 2 aliphatic rings. The van der Waals surface area contributed by atoms with Gasteiger partial charge in [-0.3, -0.25) is 14.5 Å². The van der Waals surface area contributed by atoms with Gasteiger partial charge in [0.1, 0.15) is 5.41 Å². The number of amides is 1. The van der Waals surface area contributed by atoms with Crippen LogP contribution in [0.25, 0.3) is 0 Å². The van der Waals surface area contributed by atoms with Crippen LogP contribution in [0, 0.1) is 5.41 Å². The number of aliphatic carboxylic acids is 1. The van der Waals surface area contributed by atoms with Crippen molar-refractivity contribution in [2.24, 2.45) is 5.41 Å². The molecule has 0 unspecified atom stereocenters. The molecule has 0 aromatic heterocycles. The molecule has 0 atom stereocenters. The van der Waals surface area contributed by atoms with Gasteiger partial charge in [0.15, 0.2) is 0 Å². The van der Waals surface area contributed by atoms with Gasteiger partial charge in [-0.2, -0.15) is 0 Å². The van der Waals surface area contributed by atoms with Crippen molar-refractivity contribution in [1.82, 2.24) is 10.2 Å². The van der Waals surface area contributed by atoms with Crippen LogP contribution in [-0.2, 0) is 22.7 Å². The molecule has 1 aliphatic heterocycles. The summed E-state index contributed by atoms with van der Waals surface area (Å²) in [6.07, 6.45) is 5.94. The summed E-state index contributed by atoms with van der Waals surface area (Å²) < 4.78 is 0. The highest BCUT2D eigenvalue weighted by Crippen LogP contribution is 2.35. The molecule has 2 fully saturated rings. The summed E-state index contributed by atoms with van der Waals surface area (Å²) in [5, 5.41) is 22.2. The Hall–Kier alpha value is -1.92. The lowest BCUT2D eigenvalue weighted by molar-refractivity contribution is -0.157. The Morgan fingerprint density at radius 1 is 1.00 bits per heavy atom. The molecule has 6 heteroatoms. The van der Waals surface area contributed by atoms with Crippen LogP contribution in [0.3, 0.4) is 0 Å². The molecule has 6 nitrogen and oxygen atoms in total. The highest BCUT2D eigenvalue weighted by atomic mass is 16.4. The number of carbonyl (C=O) groups is 2. The molecule has 1 heterocycles. The van der Waals surface area contributed by atoms with Gasteiger partial charge in [0.2, 0.25) is 5.91 Å². The van der Waals surface area contributed by atoms with E-state index in [4.69, 9.17) is 0 Å². The lowest BCUT2D eigenvalue weighted by Crippen LogP contribution is -2.46. The number of carboxylic acid groups (broad SMARTS) is 1. The normalized spacial score (nSPS) is 21.0. The van der Waals surface area contributed by atoms with Crippen LogP contribution >= 0.6 is 0 Å². The average molecular weight is 389 g/mol. The first-order valence-electron chi connectivity index (χ1n) is 10.5. The zero-order valence-electron chi connectivity index (χ0n) is 16.5. The summed E-state index contributed by atoms with van der Waals surface area (Å²) in [6, 6.07) is 8.11. The molecule has 0 radical (unpaired) electrons. The third-order valence-electron chi connectivity index (χ3n) is 6.24. The SMILES string of the molecule is O=C(O)C1(C(=O)NCc2ccc(CN3CCC(O)CC3)cc2)CCCCCC1. The molecule has 1 aromatic rings. The first-order chi connectivity index (χ1) is 13.5. The van der Waals surface area contributed by atoms with E-state index in [0.717, 1.165) is 63.7 Å². The number of benzene rings is 1. The Kier molecular flexibility index (Phi) is 7.08. The van der Waals surface area contributed by atoms with Gasteiger partial charge >= 0.3 is 5.97 Å². The summed E-state index contributed by atoms with van der Waals surface area (Å²) >= 11 is 0. The predicted molar refractivity (Wildman–Crippen MR) is 107 cm³/mol. The van der Waals surface area contributed by atoms with Crippen molar-refractivity contribution < 1.29 is 19.8 Å². The lowest BCUT2D eigenvalue weighted by Gasteiger charge is -2.29. The van der Waals surface area contributed by atoms with Gasteiger partial charge in [0, 0.05) is 26.2 Å². The van der Waals surface area contributed by atoms with Crippen LogP contribution in [0.5, 0.6) is 0 Å². The van der Waals surface area contributed by atoms with Gasteiger partial charge in [-0.25, -0.2) is 0 Å². The largest absolute Gasteiger partial charge is 0.480 e. The number of aliphatic hydroxyl groups excluding tert-OH is 1. The third kappa shape index (κ3) is 5.11. The van der Waals surface area contributed by atoms with Crippen molar-refractivity contribution in [3.63, 3.8) is 0 Å². The van der Waals surface area contributed by atoms with E-state index in [1.807, 2.05) is 12.1 Å². The monoisotopic (exact) mass is 388 g/mol. The molecule has 1 saturated carbocycles. The van der Waals surface area contributed by atoms with Crippen molar-refractivity contribution in [2.75, 3.05) is 13.1 Å². The van der Waals surface area contributed by atoms with E-state index in [1.165, 1.54) is 5.56 Å². The van der Waals surface area contributed by atoms with Gasteiger partial charge in [-0.15, -0.1) is 0 Å². The van der Waals surface area contributed by atoms with Crippen molar-refractivity contribution in [1.29, 1.82) is 0 Å². The number of nitrogens with one attached hydrogen (secondary N) is 1. The molecule has 0 bridgehead atoms. The second-order valence-corrected chi connectivity index (χ2v) is 8.31. The van der Waals surface area contributed by atoms with Gasteiger partial charge in [-0.05, 0) is 36.8 Å². The van der Waals surface area contributed by atoms with E-state index < -0.39 is 11.4 Å². The number of piperidine rings is 1. The highest BCUT2D eigenvalue weighted by molar-refractivity contribution is 6.01. The minimum absolute atomic E-state index is 0.162. The summed E-state index contributed by atoms with van der Waals surface area (Å²) in [5.74, 6) is -1.34. The molecule has 1 aromatic carbocycles. The van der Waals surface area contributed by atoms with Crippen LogP contribution in [0.4, 0.5) is 0 Å². The molecule has 0 spiro atoms. The van der Waals surface area contributed by atoms with Gasteiger partial charge in [0.25, 0.3) is 0 Å². The van der Waals surface area contributed by atoms with E-state index in [2.05, 4.69) is 22.3 Å². The Balaban J connectivity index is 1.53. The topological polar surface area (TPSA) is 89.9 Å². The van der Waals surface area contributed by atoms with Gasteiger partial charge in [0.05, 0.1) is 6.10 Å². The number of hydrogen-bond acceptors (Lipinski definition) is 4. The molecular formula is C22H32N2O4. The van der Waals surface area contributed by atoms with Crippen molar-refractivity contribution in [2.45, 2.75) is 70.6 Å². The maximum Gasteiger partial charge on any atom is 0.319 e. The molecule has 1 saturated heterocycles. The summed E-state index contributed by atoms with van der Waals surface area (Å²) in [6.45, 7) is 3.04. The minimum Gasteiger partial charge on any atom is -0.480 e. The van der Waals surface area contributed by atoms with Crippen molar-refractivity contribution in [3.05, 3.63) is 35.4 Å². The van der Waals surface area contributed by atoms with Crippen molar-refractivity contribution >= 4 is 11.9 Å². The lowest BCUT2D eigenvalue weighted by atomic mass is 9.79. The first-order valence-corrected chi connectivity index (χ1v) is 10.5. The standard InChI is InChI=1S/C22H32N2O4/c25-19-9-13-24(14-10-19)16-18-7-5-17(6-8-18)15-23-20(26)22(21(27)28)11-3-1-2-4-12-22/h5-8,19,25H,1-4,9-16H2,(H,23,26)(H,27,28).